The molecule has 6 nitrogen and oxygen atoms in total. The maximum absolute atomic E-state index is 13.6. The molecule has 2 aromatic rings. The summed E-state index contributed by atoms with van der Waals surface area (Å²) in [5.41, 5.74) is 0.778. The van der Waals surface area contributed by atoms with E-state index in [-0.39, 0.29) is 10.8 Å². The van der Waals surface area contributed by atoms with E-state index in [1.54, 1.807) is 26.2 Å². The molecule has 1 fully saturated rings. The molecular weight excluding hydrogens is 412 g/mol. The van der Waals surface area contributed by atoms with Crippen LogP contribution in [0.2, 0.25) is 5.02 Å². The van der Waals surface area contributed by atoms with Gasteiger partial charge in [-0.25, -0.2) is 8.42 Å². The van der Waals surface area contributed by atoms with Crippen LogP contribution in [-0.2, 0) is 14.8 Å². The predicted octanol–water partition coefficient (Wildman–Crippen LogP) is 3.77. The fraction of sp³-hybridized carbons (Fsp3) is 0.381. The van der Waals surface area contributed by atoms with Gasteiger partial charge in [-0.15, -0.1) is 0 Å². The normalized spacial score (nSPS) is 18.8. The molecule has 0 spiro atoms. The first-order valence-corrected chi connectivity index (χ1v) is 11.4. The minimum atomic E-state index is -3.95. The lowest BCUT2D eigenvalue weighted by Crippen LogP contribution is -2.49. The Balaban J connectivity index is 2.07. The van der Waals surface area contributed by atoms with E-state index in [2.05, 4.69) is 5.32 Å². The Morgan fingerprint density at radius 3 is 2.38 bits per heavy atom. The Morgan fingerprint density at radius 2 is 1.76 bits per heavy atom. The van der Waals surface area contributed by atoms with Crippen molar-refractivity contribution in [1.82, 2.24) is 9.62 Å². The van der Waals surface area contributed by atoms with E-state index in [1.807, 2.05) is 12.1 Å². The molecule has 8 heteroatoms. The third kappa shape index (κ3) is 4.74. The lowest BCUT2D eigenvalue weighted by molar-refractivity contribution is -0.125. The molecule has 2 atom stereocenters. The van der Waals surface area contributed by atoms with Gasteiger partial charge in [-0.2, -0.15) is 4.31 Å². The average molecular weight is 437 g/mol. The minimum absolute atomic E-state index is 0.110. The summed E-state index contributed by atoms with van der Waals surface area (Å²) in [4.78, 5) is 12.9. The van der Waals surface area contributed by atoms with Crippen LogP contribution in [0.25, 0.3) is 0 Å². The number of rotatable bonds is 6. The van der Waals surface area contributed by atoms with Crippen molar-refractivity contribution in [2.24, 2.45) is 0 Å². The number of carbonyl (C=O) groups excluding carboxylic acids is 1. The molecule has 0 aromatic heterocycles. The topological polar surface area (TPSA) is 75.7 Å². The van der Waals surface area contributed by atoms with E-state index in [0.29, 0.717) is 23.7 Å². The van der Waals surface area contributed by atoms with E-state index in [9.17, 15) is 13.2 Å². The molecule has 1 heterocycles. The van der Waals surface area contributed by atoms with Crippen LogP contribution < -0.4 is 10.1 Å². The van der Waals surface area contributed by atoms with Crippen LogP contribution >= 0.6 is 11.6 Å². The first kappa shape index (κ1) is 21.6. The molecule has 156 valence electrons. The molecule has 2 aromatic carbocycles. The van der Waals surface area contributed by atoms with Crippen LogP contribution in [0.5, 0.6) is 5.75 Å². The van der Waals surface area contributed by atoms with E-state index in [1.165, 1.54) is 28.6 Å². The highest BCUT2D eigenvalue weighted by Gasteiger charge is 2.40. The quantitative estimate of drug-likeness (QED) is 0.747. The molecule has 1 amide bonds. The maximum Gasteiger partial charge on any atom is 0.244 e. The van der Waals surface area contributed by atoms with Crippen LogP contribution in [0, 0.1) is 0 Å². The van der Waals surface area contributed by atoms with Gasteiger partial charge in [-0.05, 0) is 68.1 Å². The molecule has 1 aliphatic heterocycles. The van der Waals surface area contributed by atoms with Gasteiger partial charge in [0.2, 0.25) is 15.9 Å². The van der Waals surface area contributed by atoms with Gasteiger partial charge in [0.15, 0.2) is 0 Å². The fourth-order valence-corrected chi connectivity index (χ4v) is 5.49. The summed E-state index contributed by atoms with van der Waals surface area (Å²) in [6.07, 6.45) is 2.07. The molecular formula is C21H25ClN2O4S. The Labute approximate surface area is 176 Å². The number of hydrogen-bond acceptors (Lipinski definition) is 4. The number of methoxy groups -OCH3 is 1. The molecule has 1 N–H and O–H groups in total. The summed E-state index contributed by atoms with van der Waals surface area (Å²) in [5, 5.41) is 3.30. The standard InChI is InChI=1S/C21H25ClN2O4S/c1-15(16-6-10-18(28-2)11-7-16)24(20-5-3-4-14-23-21(20)25)29(26,27)19-12-8-17(22)9-13-19/h6-13,15,20H,3-5,14H2,1-2H3,(H,23,25)/t15?,20-/m1/s1. The number of sulfonamides is 1. The first-order valence-electron chi connectivity index (χ1n) is 9.55. The Hall–Kier alpha value is -2.09. The van der Waals surface area contributed by atoms with E-state index < -0.39 is 22.1 Å². The highest BCUT2D eigenvalue weighted by Crippen LogP contribution is 2.33. The van der Waals surface area contributed by atoms with Crippen molar-refractivity contribution in [2.45, 2.75) is 43.2 Å². The van der Waals surface area contributed by atoms with E-state index in [4.69, 9.17) is 16.3 Å². The Kier molecular flexibility index (Phi) is 6.82. The van der Waals surface area contributed by atoms with Crippen LogP contribution in [0.1, 0.15) is 37.8 Å². The van der Waals surface area contributed by atoms with Crippen molar-refractivity contribution >= 4 is 27.5 Å². The van der Waals surface area contributed by atoms with Gasteiger partial charge in [0.05, 0.1) is 12.0 Å². The molecule has 0 radical (unpaired) electrons. The zero-order chi connectivity index (χ0) is 21.0. The van der Waals surface area contributed by atoms with Crippen molar-refractivity contribution in [3.63, 3.8) is 0 Å². The number of carbonyl (C=O) groups is 1. The number of benzene rings is 2. The van der Waals surface area contributed by atoms with Crippen LogP contribution in [0.3, 0.4) is 0 Å². The Morgan fingerprint density at radius 1 is 1.10 bits per heavy atom. The lowest BCUT2D eigenvalue weighted by atomic mass is 10.0. The average Bonchev–Trinajstić information content (AvgIpc) is 2.93. The second-order valence-electron chi connectivity index (χ2n) is 7.04. The van der Waals surface area contributed by atoms with Gasteiger partial charge in [-0.3, -0.25) is 4.79 Å². The van der Waals surface area contributed by atoms with Crippen molar-refractivity contribution in [1.29, 1.82) is 0 Å². The summed E-state index contributed by atoms with van der Waals surface area (Å²) >= 11 is 5.94. The number of ether oxygens (including phenoxy) is 1. The van der Waals surface area contributed by atoms with Crippen molar-refractivity contribution in [3.05, 3.63) is 59.1 Å². The van der Waals surface area contributed by atoms with Crippen LogP contribution in [-0.4, -0.2) is 38.3 Å². The number of nitrogens with zero attached hydrogens (tertiary/aromatic N) is 1. The van der Waals surface area contributed by atoms with Crippen LogP contribution in [0.15, 0.2) is 53.4 Å². The van der Waals surface area contributed by atoms with E-state index in [0.717, 1.165) is 18.4 Å². The summed E-state index contributed by atoms with van der Waals surface area (Å²) < 4.78 is 33.8. The van der Waals surface area contributed by atoms with Crippen molar-refractivity contribution < 1.29 is 17.9 Å². The first-order chi connectivity index (χ1) is 13.8. The maximum atomic E-state index is 13.6. The number of halogens is 1. The highest BCUT2D eigenvalue weighted by atomic mass is 35.5. The van der Waals surface area contributed by atoms with Gasteiger partial charge in [0.25, 0.3) is 0 Å². The molecule has 1 aliphatic rings. The van der Waals surface area contributed by atoms with Crippen molar-refractivity contribution in [3.8, 4) is 5.75 Å². The number of amides is 1. The minimum Gasteiger partial charge on any atom is -0.497 e. The van der Waals surface area contributed by atoms with Gasteiger partial charge in [0.1, 0.15) is 11.8 Å². The van der Waals surface area contributed by atoms with Crippen LogP contribution in [0.4, 0.5) is 0 Å². The fourth-order valence-electron chi connectivity index (χ4n) is 3.57. The molecule has 1 saturated heterocycles. The molecule has 0 saturated carbocycles. The molecule has 3 rings (SSSR count). The van der Waals surface area contributed by atoms with Gasteiger partial charge in [-0.1, -0.05) is 23.7 Å². The van der Waals surface area contributed by atoms with Crippen molar-refractivity contribution in [2.75, 3.05) is 13.7 Å². The zero-order valence-electron chi connectivity index (χ0n) is 16.5. The van der Waals surface area contributed by atoms with Gasteiger partial charge in [0, 0.05) is 17.6 Å². The van der Waals surface area contributed by atoms with E-state index >= 15 is 0 Å². The third-order valence-corrected chi connectivity index (χ3v) is 7.43. The van der Waals surface area contributed by atoms with Gasteiger partial charge >= 0.3 is 0 Å². The SMILES string of the molecule is COc1ccc(C(C)N([C@@H]2CCCCNC2=O)S(=O)(=O)c2ccc(Cl)cc2)cc1. The monoisotopic (exact) mass is 436 g/mol. The smallest absolute Gasteiger partial charge is 0.244 e. The summed E-state index contributed by atoms with van der Waals surface area (Å²) in [6, 6.07) is 11.9. The molecule has 29 heavy (non-hydrogen) atoms. The summed E-state index contributed by atoms with van der Waals surface area (Å²) in [7, 11) is -2.37. The second kappa shape index (κ2) is 9.15. The lowest BCUT2D eigenvalue weighted by Gasteiger charge is -2.34. The number of nitrogens with one attached hydrogen (secondary N) is 1. The zero-order valence-corrected chi connectivity index (χ0v) is 18.0. The second-order valence-corrected chi connectivity index (χ2v) is 9.32. The highest BCUT2D eigenvalue weighted by molar-refractivity contribution is 7.89. The largest absolute Gasteiger partial charge is 0.497 e. The predicted molar refractivity (Wildman–Crippen MR) is 113 cm³/mol. The van der Waals surface area contributed by atoms with Gasteiger partial charge < -0.3 is 10.1 Å². The molecule has 1 unspecified atom stereocenters. The molecule has 0 aliphatic carbocycles. The third-order valence-electron chi connectivity index (χ3n) is 5.18. The summed E-state index contributed by atoms with van der Waals surface area (Å²) in [6.45, 7) is 2.36. The Bertz CT molecular complexity index is 946. The summed E-state index contributed by atoms with van der Waals surface area (Å²) in [5.74, 6) is 0.417. The molecule has 0 bridgehead atoms. The number of hydrogen-bond donors (Lipinski definition) is 1.